The summed E-state index contributed by atoms with van der Waals surface area (Å²) in [6.07, 6.45) is 0.0779. The molecular weight excluding hydrogens is 330 g/mol. The first-order valence-corrected chi connectivity index (χ1v) is 7.74. The number of carbonyl (C=O) groups excluding carboxylic acids is 2. The first-order valence-electron chi connectivity index (χ1n) is 7.37. The molecule has 2 N–H and O–H groups in total. The first-order chi connectivity index (χ1) is 11.4. The summed E-state index contributed by atoms with van der Waals surface area (Å²) in [5, 5.41) is 12.5. The van der Waals surface area contributed by atoms with Crippen molar-refractivity contribution in [3.63, 3.8) is 0 Å². The van der Waals surface area contributed by atoms with E-state index in [1.807, 2.05) is 0 Å². The van der Waals surface area contributed by atoms with Gasteiger partial charge < -0.3 is 15.2 Å². The average molecular weight is 348 g/mol. The second-order valence-corrected chi connectivity index (χ2v) is 5.75. The Morgan fingerprint density at radius 2 is 1.92 bits per heavy atom. The number of methoxy groups -OCH3 is 1. The molecule has 0 aliphatic rings. The zero-order valence-corrected chi connectivity index (χ0v) is 14.2. The normalized spacial score (nSPS) is 10.3. The number of halogens is 1. The van der Waals surface area contributed by atoms with E-state index >= 15 is 0 Å². The average Bonchev–Trinajstić information content (AvgIpc) is 2.55. The molecule has 0 radical (unpaired) electrons. The Hall–Kier alpha value is -2.53. The Morgan fingerprint density at radius 3 is 2.58 bits per heavy atom. The summed E-state index contributed by atoms with van der Waals surface area (Å²) in [6.45, 7) is 1.78. The van der Waals surface area contributed by atoms with Crippen LogP contribution in [-0.4, -0.2) is 23.9 Å². The molecule has 2 aromatic rings. The third-order valence-corrected chi connectivity index (χ3v) is 3.76. The predicted molar refractivity (Wildman–Crippen MR) is 93.0 cm³/mol. The van der Waals surface area contributed by atoms with Crippen LogP contribution in [0.4, 0.5) is 5.69 Å². The van der Waals surface area contributed by atoms with Crippen LogP contribution in [0, 0.1) is 6.92 Å². The smallest absolute Gasteiger partial charge is 0.224 e. The third-order valence-electron chi connectivity index (χ3n) is 3.53. The highest BCUT2D eigenvalue weighted by atomic mass is 35.5. The van der Waals surface area contributed by atoms with Gasteiger partial charge in [0.25, 0.3) is 0 Å². The van der Waals surface area contributed by atoms with E-state index in [2.05, 4.69) is 5.32 Å². The van der Waals surface area contributed by atoms with E-state index in [9.17, 15) is 14.7 Å². The molecule has 2 rings (SSSR count). The number of ketones is 1. The maximum Gasteiger partial charge on any atom is 0.224 e. The number of anilines is 1. The summed E-state index contributed by atoms with van der Waals surface area (Å²) in [5.74, 6) is 0.0676. The lowest BCUT2D eigenvalue weighted by Crippen LogP contribution is -2.14. The van der Waals surface area contributed by atoms with Crippen LogP contribution < -0.4 is 10.1 Å². The zero-order chi connectivity index (χ0) is 17.7. The van der Waals surface area contributed by atoms with Crippen LogP contribution in [0.3, 0.4) is 0 Å². The van der Waals surface area contributed by atoms with E-state index in [-0.39, 0.29) is 30.3 Å². The molecular formula is C18H18ClNO4. The molecule has 6 heteroatoms. The predicted octanol–water partition coefficient (Wildman–Crippen LogP) is 3.96. The fraction of sp³-hybridized carbons (Fsp3) is 0.222. The molecule has 1 amide bonds. The number of rotatable bonds is 6. The van der Waals surface area contributed by atoms with E-state index in [4.69, 9.17) is 16.3 Å². The summed E-state index contributed by atoms with van der Waals surface area (Å²) >= 11 is 5.91. The molecule has 0 saturated carbocycles. The second kappa shape index (κ2) is 7.84. The Morgan fingerprint density at radius 1 is 1.17 bits per heavy atom. The minimum atomic E-state index is -0.280. The van der Waals surface area contributed by atoms with Crippen molar-refractivity contribution in [1.82, 2.24) is 0 Å². The van der Waals surface area contributed by atoms with Gasteiger partial charge in [-0.25, -0.2) is 0 Å². The standard InChI is InChI=1S/C18H18ClNO4/c1-11-9-13(21)4-5-15(11)20-18(23)8-6-16(22)14-10-12(19)3-7-17(14)24-2/h3-5,7,9-10,21H,6,8H2,1-2H3,(H,20,23). The minimum Gasteiger partial charge on any atom is -0.508 e. The van der Waals surface area contributed by atoms with Gasteiger partial charge in [-0.2, -0.15) is 0 Å². The number of nitrogens with one attached hydrogen (secondary N) is 1. The lowest BCUT2D eigenvalue weighted by atomic mass is 10.1. The number of aryl methyl sites for hydroxylation is 1. The van der Waals surface area contributed by atoms with Gasteiger partial charge in [0.2, 0.25) is 5.91 Å². The van der Waals surface area contributed by atoms with Crippen LogP contribution in [0.15, 0.2) is 36.4 Å². The highest BCUT2D eigenvalue weighted by molar-refractivity contribution is 6.31. The number of hydrogen-bond donors (Lipinski definition) is 2. The number of carbonyl (C=O) groups is 2. The second-order valence-electron chi connectivity index (χ2n) is 5.32. The summed E-state index contributed by atoms with van der Waals surface area (Å²) in [4.78, 5) is 24.3. The van der Waals surface area contributed by atoms with Gasteiger partial charge in [-0.3, -0.25) is 9.59 Å². The number of hydrogen-bond acceptors (Lipinski definition) is 4. The molecule has 0 aliphatic carbocycles. The maximum absolute atomic E-state index is 12.3. The number of phenolic OH excluding ortho intramolecular Hbond substituents is 1. The highest BCUT2D eigenvalue weighted by Crippen LogP contribution is 2.25. The van der Waals surface area contributed by atoms with Crippen LogP contribution in [-0.2, 0) is 4.79 Å². The number of Topliss-reactive ketones (excluding diaryl/α,β-unsaturated/α-hetero) is 1. The van der Waals surface area contributed by atoms with Crippen molar-refractivity contribution >= 4 is 29.0 Å². The van der Waals surface area contributed by atoms with Crippen molar-refractivity contribution in [3.05, 3.63) is 52.5 Å². The molecule has 0 spiro atoms. The van der Waals surface area contributed by atoms with Gasteiger partial charge in [0.15, 0.2) is 5.78 Å². The SMILES string of the molecule is COc1ccc(Cl)cc1C(=O)CCC(=O)Nc1ccc(O)cc1C. The fourth-order valence-corrected chi connectivity index (χ4v) is 2.43. The summed E-state index contributed by atoms with van der Waals surface area (Å²) in [7, 11) is 1.47. The first kappa shape index (κ1) is 17.8. The van der Waals surface area contributed by atoms with Crippen molar-refractivity contribution in [3.8, 4) is 11.5 Å². The minimum absolute atomic E-state index is 0.0365. The summed E-state index contributed by atoms with van der Waals surface area (Å²) in [6, 6.07) is 9.45. The van der Waals surface area contributed by atoms with Crippen LogP contribution in [0.2, 0.25) is 5.02 Å². The molecule has 0 fully saturated rings. The van der Waals surface area contributed by atoms with Crippen molar-refractivity contribution in [1.29, 1.82) is 0 Å². The van der Waals surface area contributed by atoms with Crippen LogP contribution in [0.1, 0.15) is 28.8 Å². The van der Waals surface area contributed by atoms with Gasteiger partial charge in [0.05, 0.1) is 12.7 Å². The molecule has 0 saturated heterocycles. The number of aromatic hydroxyl groups is 1. The summed E-state index contributed by atoms with van der Waals surface area (Å²) in [5.41, 5.74) is 1.70. The molecule has 126 valence electrons. The quantitative estimate of drug-likeness (QED) is 0.612. The third kappa shape index (κ3) is 4.49. The molecule has 0 atom stereocenters. The van der Waals surface area contributed by atoms with Gasteiger partial charge in [-0.15, -0.1) is 0 Å². The Bertz CT molecular complexity index is 774. The monoisotopic (exact) mass is 347 g/mol. The number of benzene rings is 2. The van der Waals surface area contributed by atoms with E-state index in [1.165, 1.54) is 19.2 Å². The zero-order valence-electron chi connectivity index (χ0n) is 13.4. The van der Waals surface area contributed by atoms with Gasteiger partial charge in [0, 0.05) is 23.6 Å². The molecule has 0 heterocycles. The van der Waals surface area contributed by atoms with E-state index < -0.39 is 0 Å². The van der Waals surface area contributed by atoms with Gasteiger partial charge in [-0.1, -0.05) is 11.6 Å². The number of phenols is 1. The molecule has 0 unspecified atom stereocenters. The Kier molecular flexibility index (Phi) is 5.82. The fourth-order valence-electron chi connectivity index (χ4n) is 2.26. The number of ether oxygens (including phenoxy) is 1. The van der Waals surface area contributed by atoms with E-state index in [0.29, 0.717) is 22.0 Å². The molecule has 0 aromatic heterocycles. The van der Waals surface area contributed by atoms with Crippen molar-refractivity contribution < 1.29 is 19.4 Å². The van der Waals surface area contributed by atoms with Crippen LogP contribution in [0.25, 0.3) is 0 Å². The van der Waals surface area contributed by atoms with Crippen molar-refractivity contribution in [2.24, 2.45) is 0 Å². The van der Waals surface area contributed by atoms with Crippen LogP contribution >= 0.6 is 11.6 Å². The lowest BCUT2D eigenvalue weighted by Gasteiger charge is -2.10. The Labute approximate surface area is 145 Å². The molecule has 0 bridgehead atoms. The van der Waals surface area contributed by atoms with Crippen molar-refractivity contribution in [2.75, 3.05) is 12.4 Å². The van der Waals surface area contributed by atoms with Gasteiger partial charge >= 0.3 is 0 Å². The van der Waals surface area contributed by atoms with Crippen LogP contribution in [0.5, 0.6) is 11.5 Å². The molecule has 24 heavy (non-hydrogen) atoms. The molecule has 2 aromatic carbocycles. The van der Waals surface area contributed by atoms with Gasteiger partial charge in [0.1, 0.15) is 11.5 Å². The molecule has 5 nitrogen and oxygen atoms in total. The summed E-state index contributed by atoms with van der Waals surface area (Å²) < 4.78 is 5.15. The Balaban J connectivity index is 1.99. The highest BCUT2D eigenvalue weighted by Gasteiger charge is 2.15. The largest absolute Gasteiger partial charge is 0.508 e. The van der Waals surface area contributed by atoms with E-state index in [0.717, 1.165) is 5.56 Å². The van der Waals surface area contributed by atoms with Crippen molar-refractivity contribution in [2.45, 2.75) is 19.8 Å². The topological polar surface area (TPSA) is 75.6 Å². The molecule has 0 aliphatic heterocycles. The van der Waals surface area contributed by atoms with Gasteiger partial charge in [-0.05, 0) is 48.9 Å². The van der Waals surface area contributed by atoms with E-state index in [1.54, 1.807) is 31.2 Å². The number of amides is 1. The lowest BCUT2D eigenvalue weighted by molar-refractivity contribution is -0.116. The maximum atomic E-state index is 12.3.